The van der Waals surface area contributed by atoms with Gasteiger partial charge in [-0.2, -0.15) is 0 Å². The van der Waals surface area contributed by atoms with Gasteiger partial charge >= 0.3 is 0 Å². The van der Waals surface area contributed by atoms with Crippen molar-refractivity contribution in [2.45, 2.75) is 32.6 Å². The normalized spacial score (nSPS) is 10.6. The van der Waals surface area contributed by atoms with E-state index in [0.717, 1.165) is 35.2 Å². The van der Waals surface area contributed by atoms with Crippen LogP contribution in [-0.4, -0.2) is 10.9 Å². The van der Waals surface area contributed by atoms with E-state index in [1.807, 2.05) is 18.2 Å². The van der Waals surface area contributed by atoms with Crippen LogP contribution in [0.1, 0.15) is 32.6 Å². The van der Waals surface area contributed by atoms with Crippen molar-refractivity contribution in [3.8, 4) is 0 Å². The molecule has 0 aliphatic heterocycles. The van der Waals surface area contributed by atoms with Gasteiger partial charge in [-0.3, -0.25) is 10.2 Å². The van der Waals surface area contributed by atoms with Crippen molar-refractivity contribution in [1.29, 1.82) is 0 Å². The predicted octanol–water partition coefficient (Wildman–Crippen LogP) is 3.10. The summed E-state index contributed by atoms with van der Waals surface area (Å²) < 4.78 is 0.999. The molecule has 0 radical (unpaired) electrons. The van der Waals surface area contributed by atoms with Crippen LogP contribution in [0.15, 0.2) is 18.2 Å². The Morgan fingerprint density at radius 2 is 2.26 bits per heavy atom. The second-order valence-corrected chi connectivity index (χ2v) is 5.38. The topological polar surface area (TPSA) is 80.0 Å². The number of nitrogens with two attached hydrogens (primary N) is 1. The van der Waals surface area contributed by atoms with Crippen LogP contribution >= 0.6 is 11.3 Å². The van der Waals surface area contributed by atoms with Crippen LogP contribution in [0.3, 0.4) is 0 Å². The zero-order valence-corrected chi connectivity index (χ0v) is 11.7. The molecule has 1 heterocycles. The van der Waals surface area contributed by atoms with E-state index in [1.165, 1.54) is 11.3 Å². The summed E-state index contributed by atoms with van der Waals surface area (Å²) in [5.41, 5.74) is 4.21. The summed E-state index contributed by atoms with van der Waals surface area (Å²) in [6.45, 7) is 2.12. The fourth-order valence-corrected chi connectivity index (χ4v) is 2.64. The number of thiazole rings is 1. The lowest BCUT2D eigenvalue weighted by atomic mass is 10.2. The maximum absolute atomic E-state index is 11.7. The van der Waals surface area contributed by atoms with Crippen LogP contribution in [0.4, 0.5) is 10.8 Å². The van der Waals surface area contributed by atoms with Gasteiger partial charge in [-0.05, 0) is 24.6 Å². The van der Waals surface area contributed by atoms with Gasteiger partial charge in [0.05, 0.1) is 10.2 Å². The number of aromatic nitrogens is 1. The predicted molar refractivity (Wildman–Crippen MR) is 80.2 cm³/mol. The van der Waals surface area contributed by atoms with Crippen LogP contribution < -0.4 is 16.6 Å². The van der Waals surface area contributed by atoms with E-state index in [0.29, 0.717) is 11.6 Å². The maximum Gasteiger partial charge on any atom is 0.224 e. The minimum absolute atomic E-state index is 0.0643. The molecule has 0 fully saturated rings. The molecule has 0 aliphatic carbocycles. The fraction of sp³-hybridized carbons (Fsp3) is 0.385. The third kappa shape index (κ3) is 3.65. The summed E-state index contributed by atoms with van der Waals surface area (Å²) in [5, 5.41) is 3.58. The number of hydrogen-bond donors (Lipinski definition) is 3. The molecule has 1 aromatic carbocycles. The average molecular weight is 278 g/mol. The molecule has 6 heteroatoms. The van der Waals surface area contributed by atoms with Crippen molar-refractivity contribution in [2.75, 3.05) is 10.7 Å². The summed E-state index contributed by atoms with van der Waals surface area (Å²) in [7, 11) is 0. The Kier molecular flexibility index (Phi) is 4.70. The molecule has 0 aliphatic rings. The molecule has 0 spiro atoms. The monoisotopic (exact) mass is 278 g/mol. The molecule has 0 bridgehead atoms. The van der Waals surface area contributed by atoms with Crippen molar-refractivity contribution in [3.05, 3.63) is 18.2 Å². The first-order valence-corrected chi connectivity index (χ1v) is 7.21. The van der Waals surface area contributed by atoms with Gasteiger partial charge in [-0.15, -0.1) is 0 Å². The quantitative estimate of drug-likeness (QED) is 0.431. The van der Waals surface area contributed by atoms with E-state index >= 15 is 0 Å². The number of carbonyl (C=O) groups is 1. The minimum Gasteiger partial charge on any atom is -0.326 e. The molecule has 2 rings (SSSR count). The molecule has 1 aromatic heterocycles. The van der Waals surface area contributed by atoms with Gasteiger partial charge in [-0.25, -0.2) is 10.8 Å². The maximum atomic E-state index is 11.7. The average Bonchev–Trinajstić information content (AvgIpc) is 2.81. The molecule has 2 aromatic rings. The van der Waals surface area contributed by atoms with E-state index in [9.17, 15) is 4.79 Å². The molecule has 0 saturated carbocycles. The summed E-state index contributed by atoms with van der Waals surface area (Å²) in [4.78, 5) is 16.0. The fourth-order valence-electron chi connectivity index (χ4n) is 1.82. The lowest BCUT2D eigenvalue weighted by molar-refractivity contribution is -0.116. The molecule has 1 amide bonds. The first-order chi connectivity index (χ1) is 9.22. The number of fused-ring (bicyclic) bond motifs is 1. The Hall–Kier alpha value is -1.66. The lowest BCUT2D eigenvalue weighted by Gasteiger charge is -2.04. The number of nitrogen functional groups attached to an aromatic ring is 1. The number of rotatable bonds is 6. The molecule has 19 heavy (non-hydrogen) atoms. The number of amides is 1. The van der Waals surface area contributed by atoms with Crippen molar-refractivity contribution in [1.82, 2.24) is 4.98 Å². The zero-order chi connectivity index (χ0) is 13.7. The highest BCUT2D eigenvalue weighted by Gasteiger charge is 2.06. The number of anilines is 2. The largest absolute Gasteiger partial charge is 0.326 e. The highest BCUT2D eigenvalue weighted by atomic mass is 32.1. The minimum atomic E-state index is 0.0643. The molecular weight excluding hydrogens is 260 g/mol. The molecule has 0 atom stereocenters. The van der Waals surface area contributed by atoms with Crippen molar-refractivity contribution in [3.63, 3.8) is 0 Å². The molecular formula is C13H18N4OS. The zero-order valence-electron chi connectivity index (χ0n) is 10.9. The van der Waals surface area contributed by atoms with E-state index in [4.69, 9.17) is 5.84 Å². The summed E-state index contributed by atoms with van der Waals surface area (Å²) >= 11 is 1.46. The highest BCUT2D eigenvalue weighted by Crippen LogP contribution is 2.27. The van der Waals surface area contributed by atoms with Crippen molar-refractivity contribution in [2.24, 2.45) is 5.84 Å². The smallest absolute Gasteiger partial charge is 0.224 e. The Morgan fingerprint density at radius 1 is 1.42 bits per heavy atom. The van der Waals surface area contributed by atoms with Gasteiger partial charge in [0.15, 0.2) is 5.13 Å². The summed E-state index contributed by atoms with van der Waals surface area (Å²) in [6.07, 6.45) is 3.72. The Bertz CT molecular complexity index is 567. The number of carbonyl (C=O) groups excluding carboxylic acids is 1. The van der Waals surface area contributed by atoms with E-state index in [1.54, 1.807) is 0 Å². The van der Waals surface area contributed by atoms with Crippen LogP contribution in [0.2, 0.25) is 0 Å². The first kappa shape index (κ1) is 13.8. The highest BCUT2D eigenvalue weighted by molar-refractivity contribution is 7.22. The molecule has 5 nitrogen and oxygen atoms in total. The number of benzene rings is 1. The van der Waals surface area contributed by atoms with Crippen LogP contribution in [-0.2, 0) is 4.79 Å². The Balaban J connectivity index is 2.02. The number of nitrogens with zero attached hydrogens (tertiary/aromatic N) is 1. The lowest BCUT2D eigenvalue weighted by Crippen LogP contribution is -2.10. The molecule has 102 valence electrons. The van der Waals surface area contributed by atoms with E-state index in [-0.39, 0.29) is 5.91 Å². The van der Waals surface area contributed by atoms with Crippen LogP contribution in [0.5, 0.6) is 0 Å². The van der Waals surface area contributed by atoms with Gasteiger partial charge < -0.3 is 5.32 Å². The second kappa shape index (κ2) is 6.49. The van der Waals surface area contributed by atoms with Gasteiger partial charge in [0.2, 0.25) is 5.91 Å². The van der Waals surface area contributed by atoms with Crippen molar-refractivity contribution < 1.29 is 4.79 Å². The Morgan fingerprint density at radius 3 is 3.00 bits per heavy atom. The molecule has 0 unspecified atom stereocenters. The molecule has 4 N–H and O–H groups in total. The summed E-state index contributed by atoms with van der Waals surface area (Å²) in [5.74, 6) is 5.39. The van der Waals surface area contributed by atoms with Crippen LogP contribution in [0, 0.1) is 0 Å². The number of nitrogens with one attached hydrogen (secondary N) is 2. The van der Waals surface area contributed by atoms with E-state index < -0.39 is 0 Å². The van der Waals surface area contributed by atoms with Gasteiger partial charge in [0.1, 0.15) is 0 Å². The van der Waals surface area contributed by atoms with E-state index in [2.05, 4.69) is 22.7 Å². The number of unbranched alkanes of at least 4 members (excludes halogenated alkanes) is 2. The van der Waals surface area contributed by atoms with Gasteiger partial charge in [0, 0.05) is 12.1 Å². The first-order valence-electron chi connectivity index (χ1n) is 6.40. The standard InChI is InChI=1S/C13H18N4OS/c1-2-3-4-5-12(18)15-9-6-7-10-11(8-9)19-13(16-10)17-14/h6-8H,2-5,14H2,1H3,(H,15,18)(H,16,17). The van der Waals surface area contributed by atoms with Gasteiger partial charge in [-0.1, -0.05) is 31.1 Å². The van der Waals surface area contributed by atoms with Gasteiger partial charge in [0.25, 0.3) is 0 Å². The van der Waals surface area contributed by atoms with Crippen LogP contribution in [0.25, 0.3) is 10.2 Å². The molecule has 0 saturated heterocycles. The third-order valence-electron chi connectivity index (χ3n) is 2.80. The Labute approximate surface area is 116 Å². The number of hydrazine groups is 1. The SMILES string of the molecule is CCCCCC(=O)Nc1ccc2nc(NN)sc2c1. The number of hydrogen-bond acceptors (Lipinski definition) is 5. The van der Waals surface area contributed by atoms with Crippen molar-refractivity contribution >= 4 is 38.3 Å². The summed E-state index contributed by atoms with van der Waals surface area (Å²) in [6, 6.07) is 5.67. The third-order valence-corrected chi connectivity index (χ3v) is 3.75. The second-order valence-electron chi connectivity index (χ2n) is 4.35.